The molecule has 2 N–H and O–H groups in total. The number of aromatic amines is 1. The molecule has 3 heterocycles. The molecule has 0 unspecified atom stereocenters. The number of rotatable bonds is 5. The Kier molecular flexibility index (Phi) is 4.83. The van der Waals surface area contributed by atoms with E-state index >= 15 is 0 Å². The van der Waals surface area contributed by atoms with Gasteiger partial charge in [0.2, 0.25) is 10.0 Å². The molecule has 8 nitrogen and oxygen atoms in total. The second kappa shape index (κ2) is 6.88. The molecule has 0 aromatic carbocycles. The number of nitrogens with zero attached hydrogens (tertiary/aromatic N) is 3. The minimum atomic E-state index is -3.61. The molecule has 2 aromatic heterocycles. The summed E-state index contributed by atoms with van der Waals surface area (Å²) in [5.74, 6) is 0.881. The van der Waals surface area contributed by atoms with E-state index in [4.69, 9.17) is 4.74 Å². The van der Waals surface area contributed by atoms with Crippen LogP contribution in [-0.2, 0) is 21.3 Å². The topological polar surface area (TPSA) is 100 Å². The first kappa shape index (κ1) is 16.9. The SMILES string of the molecule is Cc1n[nH]c(C)c1S(=O)(=O)NCc1ccc(N2CCOCC2)nc1. The number of morpholine rings is 1. The predicted octanol–water partition coefficient (Wildman–Crippen LogP) is 0.737. The minimum Gasteiger partial charge on any atom is -0.378 e. The molecule has 24 heavy (non-hydrogen) atoms. The molecular weight excluding hydrogens is 330 g/mol. The lowest BCUT2D eigenvalue weighted by molar-refractivity contribution is 0.122. The van der Waals surface area contributed by atoms with Gasteiger partial charge in [0.25, 0.3) is 0 Å². The van der Waals surface area contributed by atoms with Crippen LogP contribution in [-0.4, -0.2) is 49.9 Å². The average Bonchev–Trinajstić information content (AvgIpc) is 2.94. The molecule has 9 heteroatoms. The molecule has 1 aliphatic rings. The summed E-state index contributed by atoms with van der Waals surface area (Å²) in [6.07, 6.45) is 1.70. The number of H-pyrrole nitrogens is 1. The second-order valence-electron chi connectivity index (χ2n) is 5.71. The van der Waals surface area contributed by atoms with Crippen molar-refractivity contribution in [2.24, 2.45) is 0 Å². The first-order valence-electron chi connectivity index (χ1n) is 7.76. The van der Waals surface area contributed by atoms with Crippen LogP contribution in [0.2, 0.25) is 0 Å². The highest BCUT2D eigenvalue weighted by atomic mass is 32.2. The third-order valence-corrected chi connectivity index (χ3v) is 5.60. The van der Waals surface area contributed by atoms with E-state index in [0.717, 1.165) is 24.5 Å². The summed E-state index contributed by atoms with van der Waals surface area (Å²) >= 11 is 0. The van der Waals surface area contributed by atoms with Crippen LogP contribution in [0.3, 0.4) is 0 Å². The van der Waals surface area contributed by atoms with Gasteiger partial charge in [-0.1, -0.05) is 6.07 Å². The van der Waals surface area contributed by atoms with Crippen LogP contribution < -0.4 is 9.62 Å². The second-order valence-corrected chi connectivity index (χ2v) is 7.42. The highest BCUT2D eigenvalue weighted by Gasteiger charge is 2.22. The summed E-state index contributed by atoms with van der Waals surface area (Å²) in [4.78, 5) is 6.78. The van der Waals surface area contributed by atoms with Gasteiger partial charge in [0.1, 0.15) is 10.7 Å². The number of hydrogen-bond donors (Lipinski definition) is 2. The van der Waals surface area contributed by atoms with Crippen molar-refractivity contribution >= 4 is 15.8 Å². The van der Waals surface area contributed by atoms with Crippen molar-refractivity contribution in [3.63, 3.8) is 0 Å². The maximum Gasteiger partial charge on any atom is 0.244 e. The molecule has 0 atom stereocenters. The first-order chi connectivity index (χ1) is 11.5. The van der Waals surface area contributed by atoms with E-state index < -0.39 is 10.0 Å². The van der Waals surface area contributed by atoms with Gasteiger partial charge in [-0.15, -0.1) is 0 Å². The van der Waals surface area contributed by atoms with Crippen molar-refractivity contribution in [2.75, 3.05) is 31.2 Å². The van der Waals surface area contributed by atoms with Crippen LogP contribution in [0.4, 0.5) is 5.82 Å². The number of hydrogen-bond acceptors (Lipinski definition) is 6. The molecule has 3 rings (SSSR count). The molecule has 1 aliphatic heterocycles. The van der Waals surface area contributed by atoms with Crippen molar-refractivity contribution in [1.29, 1.82) is 0 Å². The molecule has 0 bridgehead atoms. The first-order valence-corrected chi connectivity index (χ1v) is 9.24. The fourth-order valence-corrected chi connectivity index (χ4v) is 4.07. The summed E-state index contributed by atoms with van der Waals surface area (Å²) in [6, 6.07) is 3.79. The van der Waals surface area contributed by atoms with Crippen molar-refractivity contribution in [3.05, 3.63) is 35.3 Å². The van der Waals surface area contributed by atoms with E-state index in [0.29, 0.717) is 24.6 Å². The predicted molar refractivity (Wildman–Crippen MR) is 89.4 cm³/mol. The molecule has 0 aliphatic carbocycles. The molecule has 0 spiro atoms. The van der Waals surface area contributed by atoms with Gasteiger partial charge in [-0.3, -0.25) is 5.10 Å². The highest BCUT2D eigenvalue weighted by molar-refractivity contribution is 7.89. The number of anilines is 1. The Hall–Kier alpha value is -1.97. The number of aromatic nitrogens is 3. The van der Waals surface area contributed by atoms with Crippen molar-refractivity contribution in [3.8, 4) is 0 Å². The molecule has 130 valence electrons. The number of sulfonamides is 1. The van der Waals surface area contributed by atoms with Crippen LogP contribution in [0.15, 0.2) is 23.2 Å². The summed E-state index contributed by atoms with van der Waals surface area (Å²) in [6.45, 7) is 6.57. The molecule has 1 saturated heterocycles. The van der Waals surface area contributed by atoms with Gasteiger partial charge in [0, 0.05) is 25.8 Å². The Morgan fingerprint density at radius 2 is 2.04 bits per heavy atom. The van der Waals surface area contributed by atoms with Gasteiger partial charge >= 0.3 is 0 Å². The number of nitrogens with one attached hydrogen (secondary N) is 2. The largest absolute Gasteiger partial charge is 0.378 e. The van der Waals surface area contributed by atoms with Crippen LogP contribution >= 0.6 is 0 Å². The van der Waals surface area contributed by atoms with Gasteiger partial charge in [-0.05, 0) is 25.5 Å². The van der Waals surface area contributed by atoms with Crippen LogP contribution in [0.1, 0.15) is 17.0 Å². The fourth-order valence-electron chi connectivity index (χ4n) is 2.69. The van der Waals surface area contributed by atoms with Crippen LogP contribution in [0, 0.1) is 13.8 Å². The molecule has 0 radical (unpaired) electrons. The van der Waals surface area contributed by atoms with Crippen LogP contribution in [0.5, 0.6) is 0 Å². The minimum absolute atomic E-state index is 0.183. The Bertz CT molecular complexity index is 776. The zero-order valence-electron chi connectivity index (χ0n) is 13.7. The average molecular weight is 351 g/mol. The zero-order valence-corrected chi connectivity index (χ0v) is 14.6. The Balaban J connectivity index is 1.66. The third kappa shape index (κ3) is 3.58. The standard InChI is InChI=1S/C15H21N5O3S/c1-11-15(12(2)19-18-11)24(21,22)17-10-13-3-4-14(16-9-13)20-5-7-23-8-6-20/h3-4,9,17H,5-8,10H2,1-2H3,(H,18,19). The maximum absolute atomic E-state index is 12.4. The van der Waals surface area contributed by atoms with Gasteiger partial charge in [0.15, 0.2) is 0 Å². The molecule has 0 saturated carbocycles. The number of ether oxygens (including phenoxy) is 1. The smallest absolute Gasteiger partial charge is 0.244 e. The maximum atomic E-state index is 12.4. The normalized spacial score (nSPS) is 15.7. The summed E-state index contributed by atoms with van der Waals surface area (Å²) < 4.78 is 32.7. The third-order valence-electron chi connectivity index (χ3n) is 3.94. The molecule has 1 fully saturated rings. The fraction of sp³-hybridized carbons (Fsp3) is 0.467. The Morgan fingerprint density at radius 3 is 2.62 bits per heavy atom. The Morgan fingerprint density at radius 1 is 1.29 bits per heavy atom. The van der Waals surface area contributed by atoms with E-state index in [2.05, 4.69) is 24.8 Å². The molecular formula is C15H21N5O3S. The monoisotopic (exact) mass is 351 g/mol. The van der Waals surface area contributed by atoms with E-state index in [1.165, 1.54) is 0 Å². The summed E-state index contributed by atoms with van der Waals surface area (Å²) in [5, 5.41) is 6.62. The summed E-state index contributed by atoms with van der Waals surface area (Å²) in [7, 11) is -3.61. The molecule has 0 amide bonds. The lowest BCUT2D eigenvalue weighted by atomic mass is 10.3. The van der Waals surface area contributed by atoms with E-state index in [1.54, 1.807) is 20.0 Å². The van der Waals surface area contributed by atoms with E-state index in [1.807, 2.05) is 12.1 Å². The quantitative estimate of drug-likeness (QED) is 0.824. The zero-order chi connectivity index (χ0) is 17.2. The van der Waals surface area contributed by atoms with Gasteiger partial charge in [-0.2, -0.15) is 5.10 Å². The van der Waals surface area contributed by atoms with Crippen LogP contribution in [0.25, 0.3) is 0 Å². The summed E-state index contributed by atoms with van der Waals surface area (Å²) in [5.41, 5.74) is 1.79. The van der Waals surface area contributed by atoms with Gasteiger partial charge in [0.05, 0.1) is 24.6 Å². The Labute approximate surface area is 141 Å². The van der Waals surface area contributed by atoms with Crippen molar-refractivity contribution < 1.29 is 13.2 Å². The van der Waals surface area contributed by atoms with Crippen molar-refractivity contribution in [2.45, 2.75) is 25.3 Å². The van der Waals surface area contributed by atoms with Gasteiger partial charge < -0.3 is 9.64 Å². The number of pyridine rings is 1. The lowest BCUT2D eigenvalue weighted by Crippen LogP contribution is -2.36. The lowest BCUT2D eigenvalue weighted by Gasteiger charge is -2.27. The van der Waals surface area contributed by atoms with E-state index in [9.17, 15) is 8.42 Å². The van der Waals surface area contributed by atoms with E-state index in [-0.39, 0.29) is 11.4 Å². The molecule has 2 aromatic rings. The number of aryl methyl sites for hydroxylation is 2. The van der Waals surface area contributed by atoms with Gasteiger partial charge in [-0.25, -0.2) is 18.1 Å². The highest BCUT2D eigenvalue weighted by Crippen LogP contribution is 2.17. The van der Waals surface area contributed by atoms with Crippen molar-refractivity contribution in [1.82, 2.24) is 19.9 Å².